The molecule has 0 N–H and O–H groups in total. The van der Waals surface area contributed by atoms with Crippen LogP contribution in [0.25, 0.3) is 56.1 Å². The highest BCUT2D eigenvalue weighted by Gasteiger charge is 2.19. The SMILES string of the molecule is Cc1cc(-c2ccc(N(c3ccccc3)c3ccccc3)c3ccncc23)ccc1/C=C/c1ccc(-c2ncc(N(c3ccccc3)c3ccccc3)c3ccccc23)cc1C. The normalized spacial score (nSPS) is 11.3. The van der Waals surface area contributed by atoms with Gasteiger partial charge in [-0.05, 0) is 114 Å². The van der Waals surface area contributed by atoms with Crippen LogP contribution < -0.4 is 9.80 Å². The van der Waals surface area contributed by atoms with E-state index in [-0.39, 0.29) is 0 Å². The molecule has 0 saturated carbocycles. The number of fused-ring (bicyclic) bond motifs is 2. The van der Waals surface area contributed by atoms with Crippen LogP contribution in [-0.2, 0) is 0 Å². The van der Waals surface area contributed by atoms with Gasteiger partial charge in [0.15, 0.2) is 0 Å². The molecule has 0 unspecified atom stereocenters. The van der Waals surface area contributed by atoms with Gasteiger partial charge in [0.1, 0.15) is 0 Å². The second-order valence-electron chi connectivity index (χ2n) is 15.6. The minimum absolute atomic E-state index is 0.971. The van der Waals surface area contributed by atoms with Crippen molar-refractivity contribution >= 4 is 67.8 Å². The summed E-state index contributed by atoms with van der Waals surface area (Å²) in [7, 11) is 0. The van der Waals surface area contributed by atoms with E-state index in [1.807, 2.05) is 18.6 Å². The Hall–Kier alpha value is -8.08. The summed E-state index contributed by atoms with van der Waals surface area (Å²) in [6, 6.07) is 70.7. The monoisotopic (exact) mass is 796 g/mol. The van der Waals surface area contributed by atoms with Gasteiger partial charge in [0, 0.05) is 62.3 Å². The van der Waals surface area contributed by atoms with Gasteiger partial charge in [0.25, 0.3) is 0 Å². The molecule has 4 nitrogen and oxygen atoms in total. The van der Waals surface area contributed by atoms with Crippen LogP contribution in [0, 0.1) is 13.8 Å². The Morgan fingerprint density at radius 3 is 1.40 bits per heavy atom. The number of rotatable bonds is 10. The van der Waals surface area contributed by atoms with E-state index in [4.69, 9.17) is 4.98 Å². The van der Waals surface area contributed by atoms with Crippen molar-refractivity contribution in [3.05, 3.63) is 241 Å². The summed E-state index contributed by atoms with van der Waals surface area (Å²) in [6.07, 6.45) is 10.4. The predicted molar refractivity (Wildman–Crippen MR) is 262 cm³/mol. The molecule has 0 aliphatic heterocycles. The first kappa shape index (κ1) is 38.1. The quantitative estimate of drug-likeness (QED) is 0.129. The van der Waals surface area contributed by atoms with Crippen molar-refractivity contribution in [3.63, 3.8) is 0 Å². The lowest BCUT2D eigenvalue weighted by Gasteiger charge is -2.27. The molecule has 10 aromatic rings. The molecule has 0 bridgehead atoms. The highest BCUT2D eigenvalue weighted by atomic mass is 15.2. The van der Waals surface area contributed by atoms with Crippen molar-refractivity contribution in [2.75, 3.05) is 9.80 Å². The predicted octanol–water partition coefficient (Wildman–Crippen LogP) is 15.8. The average Bonchev–Trinajstić information content (AvgIpc) is 3.33. The van der Waals surface area contributed by atoms with Crippen LogP contribution in [0.2, 0.25) is 0 Å². The molecule has 0 amide bonds. The molecule has 0 fully saturated rings. The summed E-state index contributed by atoms with van der Waals surface area (Å²) in [6.45, 7) is 4.37. The van der Waals surface area contributed by atoms with Crippen molar-refractivity contribution < 1.29 is 0 Å². The molecule has 296 valence electrons. The zero-order valence-corrected chi connectivity index (χ0v) is 34.7. The van der Waals surface area contributed by atoms with Crippen molar-refractivity contribution in [1.82, 2.24) is 9.97 Å². The summed E-state index contributed by atoms with van der Waals surface area (Å²) in [5, 5.41) is 4.52. The molecule has 2 aromatic heterocycles. The molecule has 0 aliphatic carbocycles. The van der Waals surface area contributed by atoms with Crippen LogP contribution in [0.1, 0.15) is 22.3 Å². The smallest absolute Gasteiger partial charge is 0.0782 e. The maximum Gasteiger partial charge on any atom is 0.0782 e. The van der Waals surface area contributed by atoms with Gasteiger partial charge in [0.2, 0.25) is 0 Å². The van der Waals surface area contributed by atoms with Gasteiger partial charge < -0.3 is 9.80 Å². The van der Waals surface area contributed by atoms with E-state index < -0.39 is 0 Å². The molecule has 0 saturated heterocycles. The van der Waals surface area contributed by atoms with Gasteiger partial charge >= 0.3 is 0 Å². The van der Waals surface area contributed by atoms with E-state index in [0.717, 1.165) is 78.1 Å². The third kappa shape index (κ3) is 7.40. The molecule has 4 heteroatoms. The van der Waals surface area contributed by atoms with Gasteiger partial charge in [-0.3, -0.25) is 9.97 Å². The fourth-order valence-electron chi connectivity index (χ4n) is 8.59. The zero-order valence-electron chi connectivity index (χ0n) is 34.7. The molecular weight excluding hydrogens is 753 g/mol. The number of anilines is 6. The van der Waals surface area contributed by atoms with Crippen molar-refractivity contribution in [1.29, 1.82) is 0 Å². The molecule has 10 rings (SSSR count). The highest BCUT2D eigenvalue weighted by molar-refractivity contribution is 6.06. The third-order valence-electron chi connectivity index (χ3n) is 11.7. The summed E-state index contributed by atoms with van der Waals surface area (Å²) >= 11 is 0. The van der Waals surface area contributed by atoms with Crippen LogP contribution in [-0.4, -0.2) is 9.97 Å². The van der Waals surface area contributed by atoms with Crippen molar-refractivity contribution in [2.24, 2.45) is 0 Å². The van der Waals surface area contributed by atoms with Crippen LogP contribution in [0.5, 0.6) is 0 Å². The van der Waals surface area contributed by atoms with E-state index in [1.165, 1.54) is 22.3 Å². The largest absolute Gasteiger partial charge is 0.310 e. The summed E-state index contributed by atoms with van der Waals surface area (Å²) in [5.41, 5.74) is 15.7. The van der Waals surface area contributed by atoms with Crippen molar-refractivity contribution in [3.8, 4) is 22.4 Å². The minimum atomic E-state index is 0.971. The molecule has 0 spiro atoms. The number of benzene rings is 8. The Balaban J connectivity index is 0.944. The standard InChI is InChI=1S/C58H44N4/c1-41-37-45(51-33-34-56(53-35-36-59-39-55(51)53)61(47-17-7-3-8-18-47)48-19-9-4-10-20-48)31-29-43(41)27-28-44-30-32-46(38-42(44)2)58-54-26-16-15-25-52(54)57(40-60-58)62(49-21-11-5-12-22-49)50-23-13-6-14-24-50/h3-40H,1-2H3/b28-27+. The molecule has 0 atom stereocenters. The molecule has 2 heterocycles. The van der Waals surface area contributed by atoms with Crippen molar-refractivity contribution in [2.45, 2.75) is 13.8 Å². The molecule has 8 aromatic carbocycles. The second-order valence-corrected chi connectivity index (χ2v) is 15.6. The summed E-state index contributed by atoms with van der Waals surface area (Å²) < 4.78 is 0. The summed E-state index contributed by atoms with van der Waals surface area (Å²) in [4.78, 5) is 14.4. The van der Waals surface area contributed by atoms with Gasteiger partial charge in [-0.25, -0.2) is 0 Å². The Kier molecular flexibility index (Phi) is 10.4. The highest BCUT2D eigenvalue weighted by Crippen LogP contribution is 2.43. The second kappa shape index (κ2) is 16.9. The number of aryl methyl sites for hydroxylation is 2. The van der Waals surface area contributed by atoms with Gasteiger partial charge in [-0.2, -0.15) is 0 Å². The van der Waals surface area contributed by atoms with Gasteiger partial charge in [-0.15, -0.1) is 0 Å². The number of aromatic nitrogens is 2. The fourth-order valence-corrected chi connectivity index (χ4v) is 8.59. The summed E-state index contributed by atoms with van der Waals surface area (Å²) in [5.74, 6) is 0. The zero-order chi connectivity index (χ0) is 41.8. The Labute approximate surface area is 363 Å². The molecule has 0 radical (unpaired) electrons. The van der Waals surface area contributed by atoms with Crippen LogP contribution in [0.3, 0.4) is 0 Å². The first-order chi connectivity index (χ1) is 30.6. The fraction of sp³-hybridized carbons (Fsp3) is 0.0345. The lowest BCUT2D eigenvalue weighted by molar-refractivity contribution is 1.25. The topological polar surface area (TPSA) is 32.3 Å². The molecule has 62 heavy (non-hydrogen) atoms. The minimum Gasteiger partial charge on any atom is -0.310 e. The van der Waals surface area contributed by atoms with Gasteiger partial charge in [-0.1, -0.05) is 146 Å². The van der Waals surface area contributed by atoms with Crippen LogP contribution >= 0.6 is 0 Å². The van der Waals surface area contributed by atoms with E-state index >= 15 is 0 Å². The molecular formula is C58H44N4. The maximum absolute atomic E-state index is 5.15. The van der Waals surface area contributed by atoms with E-state index in [9.17, 15) is 0 Å². The first-order valence-corrected chi connectivity index (χ1v) is 21.1. The average molecular weight is 797 g/mol. The maximum atomic E-state index is 5.15. The Morgan fingerprint density at radius 1 is 0.387 bits per heavy atom. The lowest BCUT2D eigenvalue weighted by atomic mass is 9.94. The Bertz CT molecular complexity index is 2900. The van der Waals surface area contributed by atoms with Crippen LogP contribution in [0.4, 0.5) is 34.1 Å². The number of nitrogens with zero attached hydrogens (tertiary/aromatic N) is 4. The van der Waals surface area contributed by atoms with E-state index in [2.05, 4.69) is 241 Å². The number of hydrogen-bond donors (Lipinski definition) is 0. The number of pyridine rings is 2. The van der Waals surface area contributed by atoms with E-state index in [1.54, 1.807) is 0 Å². The third-order valence-corrected chi connectivity index (χ3v) is 11.7. The number of hydrogen-bond acceptors (Lipinski definition) is 4. The lowest BCUT2D eigenvalue weighted by Crippen LogP contribution is -2.11. The van der Waals surface area contributed by atoms with E-state index in [0.29, 0.717) is 0 Å². The van der Waals surface area contributed by atoms with Crippen LogP contribution in [0.15, 0.2) is 219 Å². The molecule has 0 aliphatic rings. The Morgan fingerprint density at radius 2 is 0.855 bits per heavy atom. The first-order valence-electron chi connectivity index (χ1n) is 21.1. The van der Waals surface area contributed by atoms with Gasteiger partial charge in [0.05, 0.1) is 23.3 Å². The number of para-hydroxylation sites is 4.